The zero-order valence-corrected chi connectivity index (χ0v) is 12.3. The molecular weight excluding hydrogens is 281 g/mol. The van der Waals surface area contributed by atoms with Crippen LogP contribution in [0.1, 0.15) is 28.6 Å². The fraction of sp³-hybridized carbons (Fsp3) is 0.214. The number of hydrazine groups is 1. The maximum absolute atomic E-state index is 6.23. The van der Waals surface area contributed by atoms with E-state index in [0.29, 0.717) is 10.0 Å². The van der Waals surface area contributed by atoms with E-state index in [4.69, 9.17) is 29.0 Å². The first kappa shape index (κ1) is 14.3. The number of halogens is 2. The molecular formula is C14H15Cl2N3. The second-order valence-electron chi connectivity index (χ2n) is 4.39. The van der Waals surface area contributed by atoms with Crippen molar-refractivity contribution in [3.63, 3.8) is 0 Å². The second-order valence-corrected chi connectivity index (χ2v) is 5.24. The molecule has 0 saturated carbocycles. The molecule has 3 nitrogen and oxygen atoms in total. The van der Waals surface area contributed by atoms with Gasteiger partial charge in [0.2, 0.25) is 0 Å². The number of hydrogen-bond acceptors (Lipinski definition) is 3. The Morgan fingerprint density at radius 3 is 2.47 bits per heavy atom. The van der Waals surface area contributed by atoms with Gasteiger partial charge in [0.1, 0.15) is 0 Å². The molecule has 1 heterocycles. The van der Waals surface area contributed by atoms with Gasteiger partial charge in [-0.3, -0.25) is 10.8 Å². The molecule has 1 aromatic heterocycles. The third-order valence-corrected chi connectivity index (χ3v) is 3.59. The van der Waals surface area contributed by atoms with E-state index >= 15 is 0 Å². The van der Waals surface area contributed by atoms with E-state index in [0.717, 1.165) is 22.5 Å². The van der Waals surface area contributed by atoms with Crippen LogP contribution < -0.4 is 11.3 Å². The number of pyridine rings is 1. The van der Waals surface area contributed by atoms with E-state index < -0.39 is 0 Å². The topological polar surface area (TPSA) is 50.9 Å². The van der Waals surface area contributed by atoms with Crippen LogP contribution in [-0.4, -0.2) is 4.98 Å². The smallest absolute Gasteiger partial charge is 0.0742 e. The first-order valence-electron chi connectivity index (χ1n) is 5.88. The number of nitrogens with one attached hydrogen (secondary N) is 1. The normalized spacial score (nSPS) is 12.5. The van der Waals surface area contributed by atoms with Gasteiger partial charge in [-0.25, -0.2) is 5.43 Å². The van der Waals surface area contributed by atoms with Crippen molar-refractivity contribution in [1.82, 2.24) is 10.4 Å². The molecule has 0 spiro atoms. The lowest BCUT2D eigenvalue weighted by molar-refractivity contribution is 0.630. The monoisotopic (exact) mass is 295 g/mol. The summed E-state index contributed by atoms with van der Waals surface area (Å²) in [5, 5.41) is 1.24. The van der Waals surface area contributed by atoms with Crippen LogP contribution in [0.3, 0.4) is 0 Å². The lowest BCUT2D eigenvalue weighted by Crippen LogP contribution is -2.29. The summed E-state index contributed by atoms with van der Waals surface area (Å²) in [6.45, 7) is 3.90. The predicted octanol–water partition coefficient (Wildman–Crippen LogP) is 3.56. The van der Waals surface area contributed by atoms with Gasteiger partial charge in [0.25, 0.3) is 0 Å². The molecule has 0 aliphatic rings. The quantitative estimate of drug-likeness (QED) is 0.672. The van der Waals surface area contributed by atoms with E-state index in [2.05, 4.69) is 10.4 Å². The molecule has 0 aliphatic heterocycles. The lowest BCUT2D eigenvalue weighted by Gasteiger charge is -2.20. The fourth-order valence-corrected chi connectivity index (χ4v) is 2.49. The molecule has 3 N–H and O–H groups in total. The fourth-order valence-electron chi connectivity index (χ4n) is 2.09. The average Bonchev–Trinajstić information content (AvgIpc) is 2.36. The maximum atomic E-state index is 6.23. The highest BCUT2D eigenvalue weighted by atomic mass is 35.5. The largest absolute Gasteiger partial charge is 0.271 e. The number of hydrogen-bond donors (Lipinski definition) is 2. The first-order valence-corrected chi connectivity index (χ1v) is 6.63. The Hall–Kier alpha value is -1.13. The third-order valence-electron chi connectivity index (χ3n) is 3.01. The molecule has 100 valence electrons. The van der Waals surface area contributed by atoms with Crippen LogP contribution in [0, 0.1) is 13.8 Å². The van der Waals surface area contributed by atoms with Crippen molar-refractivity contribution in [1.29, 1.82) is 0 Å². The Labute approximate surface area is 122 Å². The van der Waals surface area contributed by atoms with Crippen molar-refractivity contribution in [2.45, 2.75) is 19.9 Å². The third kappa shape index (κ3) is 3.07. The predicted molar refractivity (Wildman–Crippen MR) is 79.3 cm³/mol. The minimum atomic E-state index is -0.237. The molecule has 0 amide bonds. The Bertz CT molecular complexity index is 599. The Morgan fingerprint density at radius 2 is 1.84 bits per heavy atom. The highest BCUT2D eigenvalue weighted by Crippen LogP contribution is 2.31. The molecule has 2 rings (SSSR count). The standard InChI is InChI=1S/C14H15Cl2N3/c1-8-3-5-11(9(2)18-8)14(19-17)12-7-10(15)4-6-13(12)16/h3-7,14,19H,17H2,1-2H3. The van der Waals surface area contributed by atoms with Crippen molar-refractivity contribution in [3.8, 4) is 0 Å². The van der Waals surface area contributed by atoms with Crippen molar-refractivity contribution in [2.24, 2.45) is 5.84 Å². The molecule has 19 heavy (non-hydrogen) atoms. The van der Waals surface area contributed by atoms with Crippen molar-refractivity contribution >= 4 is 23.2 Å². The van der Waals surface area contributed by atoms with Gasteiger partial charge in [0, 0.05) is 21.4 Å². The van der Waals surface area contributed by atoms with Crippen LogP contribution in [-0.2, 0) is 0 Å². The number of nitrogens with zero attached hydrogens (tertiary/aromatic N) is 1. The molecule has 2 aromatic rings. The van der Waals surface area contributed by atoms with Gasteiger partial charge in [0.05, 0.1) is 6.04 Å². The van der Waals surface area contributed by atoms with E-state index in [1.807, 2.05) is 32.0 Å². The highest BCUT2D eigenvalue weighted by Gasteiger charge is 2.18. The SMILES string of the molecule is Cc1ccc(C(NN)c2cc(Cl)ccc2Cl)c(C)n1. The van der Waals surface area contributed by atoms with Crippen LogP contribution in [0.5, 0.6) is 0 Å². The van der Waals surface area contributed by atoms with Crippen LogP contribution >= 0.6 is 23.2 Å². The van der Waals surface area contributed by atoms with Gasteiger partial charge in [-0.15, -0.1) is 0 Å². The molecule has 0 aliphatic carbocycles. The zero-order valence-electron chi connectivity index (χ0n) is 10.7. The highest BCUT2D eigenvalue weighted by molar-refractivity contribution is 6.33. The van der Waals surface area contributed by atoms with E-state index in [1.165, 1.54) is 0 Å². The van der Waals surface area contributed by atoms with Crippen LogP contribution in [0.2, 0.25) is 10.0 Å². The summed E-state index contributed by atoms with van der Waals surface area (Å²) in [5.74, 6) is 5.68. The number of rotatable bonds is 3. The summed E-state index contributed by atoms with van der Waals surface area (Å²) in [4.78, 5) is 4.45. The van der Waals surface area contributed by atoms with E-state index in [1.54, 1.807) is 12.1 Å². The molecule has 5 heteroatoms. The average molecular weight is 296 g/mol. The van der Waals surface area contributed by atoms with Gasteiger partial charge in [0.15, 0.2) is 0 Å². The summed E-state index contributed by atoms with van der Waals surface area (Å²) in [6.07, 6.45) is 0. The Kier molecular flexibility index (Phi) is 4.42. The number of benzene rings is 1. The number of aromatic nitrogens is 1. The van der Waals surface area contributed by atoms with Crippen molar-refractivity contribution in [3.05, 3.63) is 62.9 Å². The number of aryl methyl sites for hydroxylation is 2. The van der Waals surface area contributed by atoms with E-state index in [9.17, 15) is 0 Å². The lowest BCUT2D eigenvalue weighted by atomic mass is 9.98. The van der Waals surface area contributed by atoms with Gasteiger partial charge in [-0.1, -0.05) is 29.3 Å². The van der Waals surface area contributed by atoms with E-state index in [-0.39, 0.29) is 6.04 Å². The second kappa shape index (κ2) is 5.88. The van der Waals surface area contributed by atoms with Gasteiger partial charge in [-0.2, -0.15) is 0 Å². The summed E-state index contributed by atoms with van der Waals surface area (Å²) in [6, 6.07) is 9.04. The molecule has 0 saturated heterocycles. The van der Waals surface area contributed by atoms with Crippen LogP contribution in [0.4, 0.5) is 0 Å². The summed E-state index contributed by atoms with van der Waals surface area (Å²) < 4.78 is 0. The Morgan fingerprint density at radius 1 is 1.11 bits per heavy atom. The molecule has 0 fully saturated rings. The van der Waals surface area contributed by atoms with Crippen LogP contribution in [0.15, 0.2) is 30.3 Å². The zero-order chi connectivity index (χ0) is 14.0. The minimum absolute atomic E-state index is 0.237. The summed E-state index contributed by atoms with van der Waals surface area (Å²) in [7, 11) is 0. The molecule has 0 bridgehead atoms. The Balaban J connectivity index is 2.52. The molecule has 1 atom stereocenters. The van der Waals surface area contributed by atoms with Gasteiger partial charge in [-0.05, 0) is 49.2 Å². The van der Waals surface area contributed by atoms with Gasteiger partial charge >= 0.3 is 0 Å². The van der Waals surface area contributed by atoms with Crippen molar-refractivity contribution < 1.29 is 0 Å². The van der Waals surface area contributed by atoms with Gasteiger partial charge < -0.3 is 0 Å². The molecule has 0 radical (unpaired) electrons. The summed E-state index contributed by atoms with van der Waals surface area (Å²) in [5.41, 5.74) is 6.48. The first-order chi connectivity index (χ1) is 9.02. The van der Waals surface area contributed by atoms with Crippen molar-refractivity contribution in [2.75, 3.05) is 0 Å². The van der Waals surface area contributed by atoms with Crippen LogP contribution in [0.25, 0.3) is 0 Å². The molecule has 1 aromatic carbocycles. The minimum Gasteiger partial charge on any atom is -0.271 e. The summed E-state index contributed by atoms with van der Waals surface area (Å²) >= 11 is 12.3. The maximum Gasteiger partial charge on any atom is 0.0742 e. The molecule has 1 unspecified atom stereocenters. The number of nitrogens with two attached hydrogens (primary N) is 1.